The van der Waals surface area contributed by atoms with E-state index in [1.807, 2.05) is 12.3 Å². The molecule has 0 unspecified atom stereocenters. The van der Waals surface area contributed by atoms with Gasteiger partial charge in [-0.15, -0.1) is 0 Å². The van der Waals surface area contributed by atoms with Gasteiger partial charge in [-0.2, -0.15) is 0 Å². The molecule has 1 N–H and O–H groups in total. The van der Waals surface area contributed by atoms with E-state index in [1.165, 1.54) is 11.4 Å². The molecule has 0 fully saturated rings. The van der Waals surface area contributed by atoms with Gasteiger partial charge in [0.1, 0.15) is 5.82 Å². The van der Waals surface area contributed by atoms with E-state index in [4.69, 9.17) is 0 Å². The molecule has 0 spiro atoms. The number of aromatic nitrogens is 2. The molecule has 0 aliphatic rings. The Hall–Kier alpha value is -1.61. The highest BCUT2D eigenvalue weighted by molar-refractivity contribution is 5.14. The fourth-order valence-corrected chi connectivity index (χ4v) is 2.02. The lowest BCUT2D eigenvalue weighted by atomic mass is 10.2. The van der Waals surface area contributed by atoms with Crippen LogP contribution in [0.3, 0.4) is 0 Å². The molecule has 3 nitrogen and oxygen atoms in total. The number of nitrogens with zero attached hydrogens (tertiary/aromatic N) is 2. The van der Waals surface area contributed by atoms with Crippen LogP contribution in [0, 0.1) is 0 Å². The molecule has 18 heavy (non-hydrogen) atoms. The van der Waals surface area contributed by atoms with Crippen LogP contribution < -0.4 is 5.32 Å². The van der Waals surface area contributed by atoms with Gasteiger partial charge in [0.05, 0.1) is 0 Å². The molecule has 0 aliphatic heterocycles. The third-order valence-corrected chi connectivity index (χ3v) is 2.98. The van der Waals surface area contributed by atoms with Gasteiger partial charge in [0.2, 0.25) is 0 Å². The maximum absolute atomic E-state index is 4.38. The first-order chi connectivity index (χ1) is 8.90. The molecule has 0 amide bonds. The van der Waals surface area contributed by atoms with E-state index >= 15 is 0 Å². The maximum atomic E-state index is 4.38. The van der Waals surface area contributed by atoms with Crippen molar-refractivity contribution in [3.05, 3.63) is 54.1 Å². The molecule has 1 aromatic heterocycles. The number of imidazole rings is 1. The zero-order valence-electron chi connectivity index (χ0n) is 11.0. The van der Waals surface area contributed by atoms with Gasteiger partial charge in [-0.3, -0.25) is 0 Å². The van der Waals surface area contributed by atoms with Crippen molar-refractivity contribution in [2.75, 3.05) is 6.54 Å². The van der Waals surface area contributed by atoms with E-state index in [0.717, 1.165) is 32.5 Å². The van der Waals surface area contributed by atoms with Gasteiger partial charge in [0.25, 0.3) is 0 Å². The highest BCUT2D eigenvalue weighted by Gasteiger charge is 2.00. The maximum Gasteiger partial charge on any atom is 0.108 e. The Morgan fingerprint density at radius 3 is 2.83 bits per heavy atom. The number of hydrogen-bond donors (Lipinski definition) is 1. The Balaban J connectivity index is 1.73. The zero-order valence-corrected chi connectivity index (χ0v) is 11.0. The smallest absolute Gasteiger partial charge is 0.108 e. The molecule has 0 saturated carbocycles. The fraction of sp³-hybridized carbons (Fsp3) is 0.400. The minimum absolute atomic E-state index is 0.929. The number of nitrogens with one attached hydrogen (secondary N) is 1. The summed E-state index contributed by atoms with van der Waals surface area (Å²) in [7, 11) is 0. The van der Waals surface area contributed by atoms with E-state index in [-0.39, 0.29) is 0 Å². The summed E-state index contributed by atoms with van der Waals surface area (Å²) in [6, 6.07) is 10.5. The van der Waals surface area contributed by atoms with Crippen LogP contribution in [0.4, 0.5) is 0 Å². The third kappa shape index (κ3) is 3.70. The van der Waals surface area contributed by atoms with E-state index in [2.05, 4.69) is 52.3 Å². The standard InChI is InChI=1S/C15H21N3/c1-2-6-15-17-10-12-18(15)11-9-16-13-14-7-4-3-5-8-14/h3-5,7-8,10,12,16H,2,6,9,11,13H2,1H3. The number of hydrogen-bond acceptors (Lipinski definition) is 2. The van der Waals surface area contributed by atoms with Gasteiger partial charge in [-0.05, 0) is 12.0 Å². The Bertz CT molecular complexity index is 448. The second-order valence-electron chi connectivity index (χ2n) is 4.45. The molecule has 0 aliphatic carbocycles. The minimum Gasteiger partial charge on any atom is -0.334 e. The monoisotopic (exact) mass is 243 g/mol. The van der Waals surface area contributed by atoms with E-state index in [1.54, 1.807) is 0 Å². The van der Waals surface area contributed by atoms with Crippen molar-refractivity contribution >= 4 is 0 Å². The summed E-state index contributed by atoms with van der Waals surface area (Å²) in [5.41, 5.74) is 1.33. The van der Waals surface area contributed by atoms with Crippen molar-refractivity contribution in [2.45, 2.75) is 32.9 Å². The normalized spacial score (nSPS) is 10.7. The molecule has 0 atom stereocenters. The second kappa shape index (κ2) is 6.97. The van der Waals surface area contributed by atoms with E-state index < -0.39 is 0 Å². The molecule has 2 aromatic rings. The van der Waals surface area contributed by atoms with E-state index in [0.29, 0.717) is 0 Å². The Morgan fingerprint density at radius 1 is 1.22 bits per heavy atom. The van der Waals surface area contributed by atoms with Crippen LogP contribution in [-0.2, 0) is 19.5 Å². The Kier molecular flexibility index (Phi) is 4.97. The summed E-state index contributed by atoms with van der Waals surface area (Å²) in [6.07, 6.45) is 6.16. The Morgan fingerprint density at radius 2 is 2.06 bits per heavy atom. The van der Waals surface area contributed by atoms with Gasteiger partial charge in [0.15, 0.2) is 0 Å². The number of aryl methyl sites for hydroxylation is 1. The summed E-state index contributed by atoms with van der Waals surface area (Å²) in [5.74, 6) is 1.19. The lowest BCUT2D eigenvalue weighted by molar-refractivity contribution is 0.576. The number of rotatable bonds is 7. The molecule has 1 heterocycles. The molecule has 0 radical (unpaired) electrons. The quantitative estimate of drug-likeness (QED) is 0.758. The SMILES string of the molecule is CCCc1nccn1CCNCc1ccccc1. The minimum atomic E-state index is 0.929. The lowest BCUT2D eigenvalue weighted by Gasteiger charge is -2.08. The second-order valence-corrected chi connectivity index (χ2v) is 4.45. The molecule has 1 aromatic carbocycles. The van der Waals surface area contributed by atoms with Crippen molar-refractivity contribution in [3.8, 4) is 0 Å². The molecular weight excluding hydrogens is 222 g/mol. The van der Waals surface area contributed by atoms with Gasteiger partial charge in [0, 0.05) is 38.4 Å². The van der Waals surface area contributed by atoms with Crippen LogP contribution in [0.15, 0.2) is 42.7 Å². The van der Waals surface area contributed by atoms with Crippen LogP contribution in [0.25, 0.3) is 0 Å². The number of benzene rings is 1. The molecule has 3 heteroatoms. The highest BCUT2D eigenvalue weighted by Crippen LogP contribution is 2.01. The summed E-state index contributed by atoms with van der Waals surface area (Å²) in [6.45, 7) is 5.08. The Labute approximate surface area is 109 Å². The highest BCUT2D eigenvalue weighted by atomic mass is 15.1. The molecule has 96 valence electrons. The first-order valence-electron chi connectivity index (χ1n) is 6.65. The average molecular weight is 243 g/mol. The topological polar surface area (TPSA) is 29.9 Å². The third-order valence-electron chi connectivity index (χ3n) is 2.98. The van der Waals surface area contributed by atoms with Crippen LogP contribution >= 0.6 is 0 Å². The largest absolute Gasteiger partial charge is 0.334 e. The van der Waals surface area contributed by atoms with Crippen molar-refractivity contribution < 1.29 is 0 Å². The van der Waals surface area contributed by atoms with Gasteiger partial charge >= 0.3 is 0 Å². The van der Waals surface area contributed by atoms with Crippen molar-refractivity contribution in [1.29, 1.82) is 0 Å². The predicted octanol–water partition coefficient (Wildman–Crippen LogP) is 2.63. The van der Waals surface area contributed by atoms with Crippen molar-refractivity contribution in [1.82, 2.24) is 14.9 Å². The predicted molar refractivity (Wildman–Crippen MR) is 74.4 cm³/mol. The lowest BCUT2D eigenvalue weighted by Crippen LogP contribution is -2.20. The summed E-state index contributed by atoms with van der Waals surface area (Å²) >= 11 is 0. The molecule has 0 saturated heterocycles. The molecule has 0 bridgehead atoms. The fourth-order valence-electron chi connectivity index (χ4n) is 2.02. The van der Waals surface area contributed by atoms with Crippen molar-refractivity contribution in [2.24, 2.45) is 0 Å². The van der Waals surface area contributed by atoms with Crippen molar-refractivity contribution in [3.63, 3.8) is 0 Å². The molecule has 2 rings (SSSR count). The summed E-state index contributed by atoms with van der Waals surface area (Å²) in [4.78, 5) is 4.38. The summed E-state index contributed by atoms with van der Waals surface area (Å²) < 4.78 is 2.24. The van der Waals surface area contributed by atoms with E-state index in [9.17, 15) is 0 Å². The van der Waals surface area contributed by atoms with Crippen LogP contribution in [0.2, 0.25) is 0 Å². The average Bonchev–Trinajstić information content (AvgIpc) is 2.84. The zero-order chi connectivity index (χ0) is 12.6. The first-order valence-corrected chi connectivity index (χ1v) is 6.65. The molecular formula is C15H21N3. The van der Waals surface area contributed by atoms with Crippen LogP contribution in [-0.4, -0.2) is 16.1 Å². The summed E-state index contributed by atoms with van der Waals surface area (Å²) in [5, 5.41) is 3.46. The van der Waals surface area contributed by atoms with Crippen LogP contribution in [0.5, 0.6) is 0 Å². The van der Waals surface area contributed by atoms with Crippen LogP contribution in [0.1, 0.15) is 24.7 Å². The van der Waals surface area contributed by atoms with Gasteiger partial charge in [-0.1, -0.05) is 37.3 Å². The first kappa shape index (κ1) is 12.8. The van der Waals surface area contributed by atoms with Gasteiger partial charge < -0.3 is 9.88 Å². The van der Waals surface area contributed by atoms with Gasteiger partial charge in [-0.25, -0.2) is 4.98 Å².